The number of pyridine rings is 1. The molecular formula is C26H22N2O5. The number of carbonyl (C=O) groups excluding carboxylic acids is 3. The molecule has 1 aliphatic rings. The quantitative estimate of drug-likeness (QED) is 0.213. The average Bonchev–Trinajstić information content (AvgIpc) is 3.06. The van der Waals surface area contributed by atoms with Crippen molar-refractivity contribution in [2.24, 2.45) is 0 Å². The molecule has 1 saturated heterocycles. The van der Waals surface area contributed by atoms with Gasteiger partial charge in [-0.25, -0.2) is 0 Å². The number of hydrogen-bond acceptors (Lipinski definition) is 6. The van der Waals surface area contributed by atoms with Crippen LogP contribution in [0.2, 0.25) is 0 Å². The molecule has 1 fully saturated rings. The first kappa shape index (κ1) is 22.0. The van der Waals surface area contributed by atoms with E-state index < -0.39 is 23.7 Å². The molecule has 0 radical (unpaired) electrons. The van der Waals surface area contributed by atoms with E-state index in [2.05, 4.69) is 4.98 Å². The minimum absolute atomic E-state index is 0.0235. The first-order chi connectivity index (χ1) is 15.8. The summed E-state index contributed by atoms with van der Waals surface area (Å²) in [4.78, 5) is 43.0. The number of nitrogens with zero attached hydrogens (tertiary/aromatic N) is 2. The minimum atomic E-state index is -0.869. The number of aliphatic hydroxyl groups excluding tert-OH is 1. The number of carbonyl (C=O) groups is 3. The van der Waals surface area contributed by atoms with Crippen LogP contribution in [0.5, 0.6) is 5.75 Å². The number of Topliss-reactive ketones (excluding diaryl/α,β-unsaturated/α-hetero) is 1. The van der Waals surface area contributed by atoms with Crippen molar-refractivity contribution >= 4 is 29.1 Å². The average molecular weight is 442 g/mol. The number of esters is 1. The Morgan fingerprint density at radius 2 is 1.64 bits per heavy atom. The monoisotopic (exact) mass is 442 g/mol. The second kappa shape index (κ2) is 8.70. The molecule has 166 valence electrons. The standard InChI is InChI=1S/C26H22N2O5/c1-15-4-7-20(14-16(15)2)28-23(18-5-8-21(9-6-18)33-17(3)29)22(25(31)26(28)32)24(30)19-10-12-27-13-11-19/h4-14,23,30H,1-3H3/b24-22+. The Labute approximate surface area is 191 Å². The van der Waals surface area contributed by atoms with E-state index in [1.807, 2.05) is 26.0 Å². The van der Waals surface area contributed by atoms with Gasteiger partial charge in [-0.3, -0.25) is 24.3 Å². The molecule has 0 aliphatic carbocycles. The molecule has 2 aromatic carbocycles. The largest absolute Gasteiger partial charge is 0.507 e. The van der Waals surface area contributed by atoms with E-state index in [4.69, 9.17) is 4.74 Å². The van der Waals surface area contributed by atoms with E-state index in [1.165, 1.54) is 24.2 Å². The van der Waals surface area contributed by atoms with Gasteiger partial charge in [0.05, 0.1) is 11.6 Å². The van der Waals surface area contributed by atoms with Gasteiger partial charge in [0.25, 0.3) is 11.7 Å². The van der Waals surface area contributed by atoms with Crippen LogP contribution in [-0.2, 0) is 14.4 Å². The summed E-state index contributed by atoms with van der Waals surface area (Å²) in [6.07, 6.45) is 2.99. The summed E-state index contributed by atoms with van der Waals surface area (Å²) in [5, 5.41) is 11.1. The number of aromatic nitrogens is 1. The lowest BCUT2D eigenvalue weighted by molar-refractivity contribution is -0.132. The number of hydrogen-bond donors (Lipinski definition) is 1. The molecule has 3 aromatic rings. The number of aryl methyl sites for hydroxylation is 2. The van der Waals surface area contributed by atoms with Crippen LogP contribution in [0.1, 0.15) is 35.2 Å². The van der Waals surface area contributed by atoms with Crippen LogP contribution >= 0.6 is 0 Å². The molecule has 4 rings (SSSR count). The summed E-state index contributed by atoms with van der Waals surface area (Å²) in [6.45, 7) is 5.19. The Morgan fingerprint density at radius 3 is 2.24 bits per heavy atom. The van der Waals surface area contributed by atoms with Gasteiger partial charge in [0.2, 0.25) is 0 Å². The smallest absolute Gasteiger partial charge is 0.308 e. The van der Waals surface area contributed by atoms with Gasteiger partial charge >= 0.3 is 5.97 Å². The van der Waals surface area contributed by atoms with Crippen LogP contribution in [0.25, 0.3) is 5.76 Å². The number of amides is 1. The number of ether oxygens (including phenoxy) is 1. The molecule has 1 aliphatic heterocycles. The Kier molecular flexibility index (Phi) is 5.79. The third kappa shape index (κ3) is 4.13. The van der Waals surface area contributed by atoms with E-state index in [9.17, 15) is 19.5 Å². The van der Waals surface area contributed by atoms with Crippen LogP contribution in [0.3, 0.4) is 0 Å². The lowest BCUT2D eigenvalue weighted by Gasteiger charge is -2.26. The molecule has 1 aromatic heterocycles. The Balaban J connectivity index is 1.90. The fourth-order valence-corrected chi connectivity index (χ4v) is 3.84. The van der Waals surface area contributed by atoms with Crippen LogP contribution < -0.4 is 9.64 Å². The molecule has 7 nitrogen and oxygen atoms in total. The summed E-state index contributed by atoms with van der Waals surface area (Å²) in [5.41, 5.74) is 3.50. The first-order valence-electron chi connectivity index (χ1n) is 10.3. The highest BCUT2D eigenvalue weighted by Crippen LogP contribution is 2.42. The van der Waals surface area contributed by atoms with E-state index >= 15 is 0 Å². The second-order valence-electron chi connectivity index (χ2n) is 7.84. The van der Waals surface area contributed by atoms with E-state index in [0.717, 1.165) is 11.1 Å². The Morgan fingerprint density at radius 1 is 0.970 bits per heavy atom. The number of anilines is 1. The van der Waals surface area contributed by atoms with Gasteiger partial charge < -0.3 is 9.84 Å². The van der Waals surface area contributed by atoms with E-state index in [1.54, 1.807) is 42.5 Å². The van der Waals surface area contributed by atoms with Crippen LogP contribution in [0.4, 0.5) is 5.69 Å². The zero-order chi connectivity index (χ0) is 23.7. The molecule has 0 saturated carbocycles. The first-order valence-corrected chi connectivity index (χ1v) is 10.3. The minimum Gasteiger partial charge on any atom is -0.507 e. The molecule has 1 amide bonds. The second-order valence-corrected chi connectivity index (χ2v) is 7.84. The molecule has 7 heteroatoms. The van der Waals surface area contributed by atoms with Gasteiger partial charge in [-0.1, -0.05) is 18.2 Å². The molecular weight excluding hydrogens is 420 g/mol. The summed E-state index contributed by atoms with van der Waals surface area (Å²) in [6, 6.07) is 14.3. The maximum atomic E-state index is 13.2. The third-order valence-electron chi connectivity index (χ3n) is 5.62. The predicted molar refractivity (Wildman–Crippen MR) is 123 cm³/mol. The molecule has 0 bridgehead atoms. The number of aliphatic hydroxyl groups is 1. The number of rotatable bonds is 4. The van der Waals surface area contributed by atoms with Gasteiger partial charge in [0.1, 0.15) is 11.5 Å². The van der Waals surface area contributed by atoms with Gasteiger partial charge in [-0.15, -0.1) is 0 Å². The van der Waals surface area contributed by atoms with Crippen molar-refractivity contribution in [2.75, 3.05) is 4.90 Å². The number of ketones is 1. The van der Waals surface area contributed by atoms with Crippen LogP contribution in [0, 0.1) is 13.8 Å². The number of benzene rings is 2. The Bertz CT molecular complexity index is 1280. The van der Waals surface area contributed by atoms with Gasteiger partial charge in [0, 0.05) is 30.6 Å². The normalized spacial score (nSPS) is 17.3. The zero-order valence-electron chi connectivity index (χ0n) is 18.4. The summed E-state index contributed by atoms with van der Waals surface area (Å²) in [5.74, 6) is -1.92. The van der Waals surface area contributed by atoms with Crippen molar-refractivity contribution in [3.05, 3.63) is 94.8 Å². The van der Waals surface area contributed by atoms with Crippen LogP contribution in [-0.4, -0.2) is 27.8 Å². The van der Waals surface area contributed by atoms with Gasteiger partial charge in [0.15, 0.2) is 0 Å². The lowest BCUT2D eigenvalue weighted by Crippen LogP contribution is -2.29. The van der Waals surface area contributed by atoms with E-state index in [0.29, 0.717) is 22.6 Å². The van der Waals surface area contributed by atoms with Crippen molar-refractivity contribution in [1.29, 1.82) is 0 Å². The van der Waals surface area contributed by atoms with Crippen molar-refractivity contribution in [3.8, 4) is 5.75 Å². The summed E-state index contributed by atoms with van der Waals surface area (Å²) < 4.78 is 5.10. The van der Waals surface area contributed by atoms with Gasteiger partial charge in [-0.05, 0) is 66.9 Å². The summed E-state index contributed by atoms with van der Waals surface area (Å²) in [7, 11) is 0. The predicted octanol–water partition coefficient (Wildman–Crippen LogP) is 4.25. The Hall–Kier alpha value is -4.26. The van der Waals surface area contributed by atoms with Crippen molar-refractivity contribution in [2.45, 2.75) is 26.8 Å². The fraction of sp³-hybridized carbons (Fsp3) is 0.154. The molecule has 1 N–H and O–H groups in total. The highest BCUT2D eigenvalue weighted by atomic mass is 16.5. The van der Waals surface area contributed by atoms with Crippen LogP contribution in [0.15, 0.2) is 72.6 Å². The van der Waals surface area contributed by atoms with E-state index in [-0.39, 0.29) is 11.3 Å². The maximum Gasteiger partial charge on any atom is 0.308 e. The molecule has 0 spiro atoms. The van der Waals surface area contributed by atoms with Crippen molar-refractivity contribution in [3.63, 3.8) is 0 Å². The topological polar surface area (TPSA) is 96.8 Å². The van der Waals surface area contributed by atoms with Gasteiger partial charge in [-0.2, -0.15) is 0 Å². The molecule has 1 unspecified atom stereocenters. The van der Waals surface area contributed by atoms with Crippen molar-refractivity contribution in [1.82, 2.24) is 4.98 Å². The molecule has 1 atom stereocenters. The summed E-state index contributed by atoms with van der Waals surface area (Å²) >= 11 is 0. The SMILES string of the molecule is CC(=O)Oc1ccc(C2/C(=C(\O)c3ccncc3)C(=O)C(=O)N2c2ccc(C)c(C)c2)cc1. The maximum absolute atomic E-state index is 13.2. The molecule has 2 heterocycles. The fourth-order valence-electron chi connectivity index (χ4n) is 3.84. The zero-order valence-corrected chi connectivity index (χ0v) is 18.4. The lowest BCUT2D eigenvalue weighted by atomic mass is 9.95. The van der Waals surface area contributed by atoms with Crippen molar-refractivity contribution < 1.29 is 24.2 Å². The highest BCUT2D eigenvalue weighted by molar-refractivity contribution is 6.51. The third-order valence-corrected chi connectivity index (χ3v) is 5.62. The molecule has 33 heavy (non-hydrogen) atoms. The highest BCUT2D eigenvalue weighted by Gasteiger charge is 2.47.